The molecule has 1 aromatic heterocycles. The molecule has 2 fully saturated rings. The number of carboxylic acid groups (broad SMARTS) is 6. The zero-order chi connectivity index (χ0) is 62.1. The molecule has 2 aliphatic rings. The van der Waals surface area contributed by atoms with Crippen LogP contribution >= 0.6 is 0 Å². The first-order valence-electron chi connectivity index (χ1n) is 29.3. The standard InChI is InChI=1S/C56H89N13O16.Ga.3H/c1-63(2)54-59-45(34-42-15-13-14-41(32-42)33-43-35-67(38-51(78)79)25-24-65(36-49(74)75)22-23-66(37-50(76)77)28-31-69(43)39-52(80)81)60-55(62-54)68-29-26-64(27-30-68)21-12-8-6-4-3-5-7-9-17-46(71)57-20-11-10-16-44(53(82)83)58-56(84)61-47(85-40-70)18-19-48(72)73;;;;/h13-15,32,40,43-44,47H,3-12,16-31,33-39H2,1-2H3,(H,57,71)(H,72,73)(H,74,75)(H,76,77)(H,78,79)(H,80,81)(H,82,83)(H2,58,61,84);;;;/t43?,44-,47+;;;;/m0..../s1. The summed E-state index contributed by atoms with van der Waals surface area (Å²) in [6.07, 6.45) is 8.66. The number of amides is 3. The predicted octanol–water partition coefficient (Wildman–Crippen LogP) is -0.149. The number of nitrogens with zero attached hydrogens (tertiary/aromatic N) is 10. The molecule has 4 rings (SSSR count). The summed E-state index contributed by atoms with van der Waals surface area (Å²) in [5, 5.41) is 65.0. The third-order valence-electron chi connectivity index (χ3n) is 14.7. The fourth-order valence-electron chi connectivity index (χ4n) is 10.2. The molecule has 3 heterocycles. The molecule has 2 aromatic rings. The molecule has 2 aliphatic heterocycles. The fourth-order valence-corrected chi connectivity index (χ4v) is 10.2. The molecule has 1 unspecified atom stereocenters. The molecular formula is C56H92GaN13O16. The van der Waals surface area contributed by atoms with Gasteiger partial charge in [0.05, 0.1) is 32.6 Å². The Kier molecular flexibility index (Phi) is 34.8. The van der Waals surface area contributed by atoms with E-state index in [-0.39, 0.29) is 123 Å². The Morgan fingerprint density at radius 1 is 0.628 bits per heavy atom. The van der Waals surface area contributed by atoms with Crippen LogP contribution in [0.4, 0.5) is 16.7 Å². The van der Waals surface area contributed by atoms with E-state index in [1.807, 2.05) is 43.3 Å². The average Bonchev–Trinajstić information content (AvgIpc) is 2.72. The van der Waals surface area contributed by atoms with Crippen molar-refractivity contribution in [1.82, 2.24) is 55.4 Å². The summed E-state index contributed by atoms with van der Waals surface area (Å²) < 4.78 is 4.66. The Balaban J connectivity index is 0.0000194. The Hall–Kier alpha value is -6.70. The van der Waals surface area contributed by atoms with Gasteiger partial charge in [-0.25, -0.2) is 9.59 Å². The van der Waals surface area contributed by atoms with Gasteiger partial charge < -0.3 is 61.1 Å². The third-order valence-corrected chi connectivity index (χ3v) is 14.7. The van der Waals surface area contributed by atoms with Gasteiger partial charge in [0.1, 0.15) is 11.9 Å². The average molecular weight is 1270 g/mol. The molecule has 30 heteroatoms. The van der Waals surface area contributed by atoms with Crippen molar-refractivity contribution in [1.29, 1.82) is 0 Å². The minimum atomic E-state index is -1.26. The molecule has 9 N–H and O–H groups in total. The number of nitrogens with one attached hydrogen (secondary N) is 3. The summed E-state index contributed by atoms with van der Waals surface area (Å²) in [4.78, 5) is 134. The number of anilines is 2. The van der Waals surface area contributed by atoms with Gasteiger partial charge in [0.15, 0.2) is 6.23 Å². The van der Waals surface area contributed by atoms with E-state index < -0.39 is 60.2 Å². The fraction of sp³-hybridized carbons (Fsp3) is 0.679. The zero-order valence-electron chi connectivity index (χ0n) is 49.2. The van der Waals surface area contributed by atoms with Crippen molar-refractivity contribution in [3.63, 3.8) is 0 Å². The molecule has 86 heavy (non-hydrogen) atoms. The molecule has 0 aliphatic carbocycles. The Bertz CT molecular complexity index is 2460. The van der Waals surface area contributed by atoms with Gasteiger partial charge in [-0.3, -0.25) is 58.1 Å². The summed E-state index contributed by atoms with van der Waals surface area (Å²) in [6, 6.07) is 5.15. The SMILES string of the molecule is CN(C)c1nc(Cc2cccc(CC3CN(CC(=O)O)CCN(CC(=O)O)CCN(CC(=O)O)CCN3CC(=O)O)c2)nc(N2CCN(CCCCCCCCCCC(=O)NCCCC[C@H](NC(=O)N[C@@H](CCC(=O)O)OC=O)C(=O)O)CC2)n1.[GaH3]. The molecule has 0 saturated carbocycles. The predicted molar refractivity (Wildman–Crippen MR) is 320 cm³/mol. The van der Waals surface area contributed by atoms with E-state index in [4.69, 9.17) is 20.1 Å². The number of hydrogen-bond acceptors (Lipinski definition) is 20. The van der Waals surface area contributed by atoms with Crippen LogP contribution in [0.15, 0.2) is 24.3 Å². The van der Waals surface area contributed by atoms with Gasteiger partial charge in [-0.1, -0.05) is 62.8 Å². The van der Waals surface area contributed by atoms with E-state index in [1.54, 1.807) is 19.6 Å². The normalized spacial score (nSPS) is 16.7. The number of rotatable bonds is 38. The second kappa shape index (κ2) is 40.6. The van der Waals surface area contributed by atoms with Gasteiger partial charge in [0.25, 0.3) is 6.47 Å². The first-order chi connectivity index (χ1) is 40.6. The van der Waals surface area contributed by atoms with Crippen molar-refractivity contribution in [3.8, 4) is 0 Å². The van der Waals surface area contributed by atoms with E-state index in [0.29, 0.717) is 56.4 Å². The molecule has 1 aromatic carbocycles. The van der Waals surface area contributed by atoms with Gasteiger partial charge in [-0.15, -0.1) is 0 Å². The first kappa shape index (κ1) is 73.6. The van der Waals surface area contributed by atoms with Crippen LogP contribution in [0.5, 0.6) is 0 Å². The number of aromatic nitrogens is 3. The number of hydrogen-bond donors (Lipinski definition) is 9. The second-order valence-electron chi connectivity index (χ2n) is 21.8. The van der Waals surface area contributed by atoms with Crippen molar-refractivity contribution < 1.29 is 78.5 Å². The number of ether oxygens (including phenoxy) is 1. The number of aliphatic carboxylic acids is 6. The summed E-state index contributed by atoms with van der Waals surface area (Å²) in [5.74, 6) is -5.10. The van der Waals surface area contributed by atoms with Crippen molar-refractivity contribution in [3.05, 3.63) is 41.2 Å². The number of carboxylic acids is 6. The molecule has 0 bridgehead atoms. The molecule has 0 spiro atoms. The van der Waals surface area contributed by atoms with Crippen molar-refractivity contribution >= 4 is 85.9 Å². The number of carbonyl (C=O) groups excluding carboxylic acids is 3. The molecule has 29 nitrogen and oxygen atoms in total. The van der Waals surface area contributed by atoms with E-state index in [1.165, 1.54) is 0 Å². The first-order valence-corrected chi connectivity index (χ1v) is 29.3. The van der Waals surface area contributed by atoms with E-state index in [2.05, 4.69) is 30.5 Å². The third kappa shape index (κ3) is 30.6. The number of urea groups is 1. The van der Waals surface area contributed by atoms with Crippen LogP contribution in [-0.4, -0.2) is 288 Å². The topological polar surface area (TPSA) is 382 Å². The number of piperazine rings is 1. The zero-order valence-corrected chi connectivity index (χ0v) is 49.2. The summed E-state index contributed by atoms with van der Waals surface area (Å²) in [7, 11) is 3.75. The Morgan fingerprint density at radius 3 is 1.79 bits per heavy atom. The maximum atomic E-state index is 12.4. The molecule has 480 valence electrons. The van der Waals surface area contributed by atoms with Crippen LogP contribution in [0, 0.1) is 0 Å². The summed E-state index contributed by atoms with van der Waals surface area (Å²) in [5.41, 5.74) is 1.77. The van der Waals surface area contributed by atoms with Gasteiger partial charge >= 0.3 is 61.6 Å². The van der Waals surface area contributed by atoms with E-state index >= 15 is 0 Å². The molecular weight excluding hydrogens is 1180 g/mol. The van der Waals surface area contributed by atoms with E-state index in [0.717, 1.165) is 95.2 Å². The monoisotopic (exact) mass is 1270 g/mol. The van der Waals surface area contributed by atoms with Crippen LogP contribution in [0.3, 0.4) is 0 Å². The molecule has 3 amide bonds. The number of carbonyl (C=O) groups is 9. The Morgan fingerprint density at radius 2 is 1.20 bits per heavy atom. The minimum absolute atomic E-state index is 0. The van der Waals surface area contributed by atoms with E-state index in [9.17, 15) is 68.7 Å². The molecule has 3 atom stereocenters. The van der Waals surface area contributed by atoms with Crippen molar-refractivity contribution in [2.24, 2.45) is 0 Å². The quantitative estimate of drug-likeness (QED) is 0.0183. The van der Waals surface area contributed by atoms with Gasteiger partial charge in [-0.2, -0.15) is 15.0 Å². The maximum absolute atomic E-state index is 12.4. The Labute approximate surface area is 515 Å². The van der Waals surface area contributed by atoms with Crippen LogP contribution in [0.1, 0.15) is 107 Å². The molecule has 0 radical (unpaired) electrons. The summed E-state index contributed by atoms with van der Waals surface area (Å²) in [6.45, 7) is 4.67. The van der Waals surface area contributed by atoms with Crippen molar-refractivity contribution in [2.45, 2.75) is 121 Å². The van der Waals surface area contributed by atoms with Crippen LogP contribution in [-0.2, 0) is 55.9 Å². The van der Waals surface area contributed by atoms with Crippen molar-refractivity contribution in [2.75, 3.05) is 135 Å². The number of benzene rings is 1. The van der Waals surface area contributed by atoms with Gasteiger partial charge in [-0.05, 0) is 56.2 Å². The second-order valence-corrected chi connectivity index (χ2v) is 21.8. The van der Waals surface area contributed by atoms with Crippen LogP contribution in [0.2, 0.25) is 0 Å². The van der Waals surface area contributed by atoms with Gasteiger partial charge in [0.2, 0.25) is 17.8 Å². The number of unbranched alkanes of at least 4 members (excludes halogenated alkanes) is 8. The van der Waals surface area contributed by atoms with Crippen LogP contribution < -0.4 is 25.8 Å². The van der Waals surface area contributed by atoms with Crippen LogP contribution in [0.25, 0.3) is 0 Å². The van der Waals surface area contributed by atoms with Gasteiger partial charge in [0, 0.05) is 118 Å². The molecule has 2 saturated heterocycles. The summed E-state index contributed by atoms with van der Waals surface area (Å²) >= 11 is 0.